The van der Waals surface area contributed by atoms with E-state index >= 15 is 0 Å². The first-order valence-corrected chi connectivity index (χ1v) is 5.23. The molecule has 0 amide bonds. The number of aliphatic hydroxyl groups is 1. The summed E-state index contributed by atoms with van der Waals surface area (Å²) in [6, 6.07) is 0. The molecule has 1 heterocycles. The molecule has 1 fully saturated rings. The van der Waals surface area contributed by atoms with E-state index in [1.54, 1.807) is 0 Å². The molecule has 14 heavy (non-hydrogen) atoms. The van der Waals surface area contributed by atoms with Crippen LogP contribution >= 0.6 is 0 Å². The molecule has 82 valence electrons. The van der Waals surface area contributed by atoms with Gasteiger partial charge in [0.15, 0.2) is 5.79 Å². The Morgan fingerprint density at radius 3 is 2.79 bits per heavy atom. The number of hydrogen-bond donors (Lipinski definition) is 1. The average molecular weight is 200 g/mol. The van der Waals surface area contributed by atoms with Crippen molar-refractivity contribution in [1.82, 2.24) is 0 Å². The second-order valence-electron chi connectivity index (χ2n) is 4.01. The maximum Gasteiger partial charge on any atom is 0.163 e. The molecular weight excluding hydrogens is 180 g/mol. The molecule has 0 spiro atoms. The lowest BCUT2D eigenvalue weighted by molar-refractivity contribution is -0.133. The lowest BCUT2D eigenvalue weighted by Gasteiger charge is -2.15. The number of hydrogen-bond acceptors (Lipinski definition) is 3. The highest BCUT2D eigenvalue weighted by molar-refractivity contribution is 4.92. The first kappa shape index (κ1) is 11.7. The minimum atomic E-state index is -0.430. The van der Waals surface area contributed by atoms with Gasteiger partial charge in [0.05, 0.1) is 6.61 Å². The molecule has 1 aliphatic rings. The van der Waals surface area contributed by atoms with Crippen LogP contribution in [0.4, 0.5) is 0 Å². The van der Waals surface area contributed by atoms with Crippen molar-refractivity contribution in [3.05, 3.63) is 12.2 Å². The summed E-state index contributed by atoms with van der Waals surface area (Å²) in [6.45, 7) is 4.77. The zero-order valence-corrected chi connectivity index (χ0v) is 9.03. The highest BCUT2D eigenvalue weighted by Crippen LogP contribution is 2.22. The zero-order chi connectivity index (χ0) is 10.4. The second-order valence-corrected chi connectivity index (χ2v) is 4.01. The molecule has 0 aromatic carbocycles. The molecule has 1 rings (SSSR count). The Morgan fingerprint density at radius 1 is 1.43 bits per heavy atom. The molecule has 0 radical (unpaired) electrons. The number of allylic oxidation sites excluding steroid dienone is 1. The van der Waals surface area contributed by atoms with Gasteiger partial charge in [-0.2, -0.15) is 0 Å². The fourth-order valence-corrected chi connectivity index (χ4v) is 1.43. The van der Waals surface area contributed by atoms with Gasteiger partial charge in [0, 0.05) is 6.61 Å². The van der Waals surface area contributed by atoms with Crippen molar-refractivity contribution in [2.45, 2.75) is 45.0 Å². The van der Waals surface area contributed by atoms with Crippen LogP contribution in [0.3, 0.4) is 0 Å². The van der Waals surface area contributed by atoms with Crippen LogP contribution in [0.25, 0.3) is 0 Å². The Balaban J connectivity index is 2.13. The number of unbranched alkanes of at least 4 members (excludes halogenated alkanes) is 2. The van der Waals surface area contributed by atoms with Gasteiger partial charge in [0.25, 0.3) is 0 Å². The zero-order valence-electron chi connectivity index (χ0n) is 9.03. The van der Waals surface area contributed by atoms with Crippen LogP contribution < -0.4 is 0 Å². The highest BCUT2D eigenvalue weighted by atomic mass is 16.7. The highest BCUT2D eigenvalue weighted by Gasteiger charge is 2.30. The van der Waals surface area contributed by atoms with E-state index in [9.17, 15) is 0 Å². The van der Waals surface area contributed by atoms with Crippen LogP contribution in [0.5, 0.6) is 0 Å². The molecule has 0 aliphatic carbocycles. The monoisotopic (exact) mass is 200 g/mol. The molecular formula is C11H20O3. The van der Waals surface area contributed by atoms with E-state index in [1.165, 1.54) is 0 Å². The smallest absolute Gasteiger partial charge is 0.163 e. The first-order valence-electron chi connectivity index (χ1n) is 5.23. The number of ether oxygens (including phenoxy) is 2. The summed E-state index contributed by atoms with van der Waals surface area (Å²) in [4.78, 5) is 0. The van der Waals surface area contributed by atoms with Gasteiger partial charge in [-0.3, -0.25) is 0 Å². The van der Waals surface area contributed by atoms with Crippen molar-refractivity contribution < 1.29 is 14.6 Å². The van der Waals surface area contributed by atoms with E-state index in [4.69, 9.17) is 14.6 Å². The van der Waals surface area contributed by atoms with Crippen LogP contribution in [-0.2, 0) is 9.47 Å². The Kier molecular flexibility index (Phi) is 4.58. The molecule has 0 aromatic heterocycles. The Morgan fingerprint density at radius 2 is 2.21 bits per heavy atom. The lowest BCUT2D eigenvalue weighted by Crippen LogP contribution is -2.20. The molecule has 0 saturated carbocycles. The number of aliphatic hydroxyl groups excluding tert-OH is 1. The second kappa shape index (κ2) is 5.49. The standard InChI is InChI=1S/C11H20O3/c1-11(2)13-9-10(14-11)7-5-3-4-6-8-12/h5,7,10,12H,3-4,6,8-9H2,1-2H3/b7-5+. The van der Waals surface area contributed by atoms with Crippen LogP contribution in [0.2, 0.25) is 0 Å². The molecule has 0 bridgehead atoms. The summed E-state index contributed by atoms with van der Waals surface area (Å²) in [6.07, 6.45) is 7.15. The SMILES string of the molecule is CC1(C)OCC(/C=C/CCCCO)O1. The fraction of sp³-hybridized carbons (Fsp3) is 0.818. The summed E-state index contributed by atoms with van der Waals surface area (Å²) in [5, 5.41) is 8.58. The Bertz CT molecular complexity index is 187. The molecule has 1 unspecified atom stereocenters. The maximum atomic E-state index is 8.58. The summed E-state index contributed by atoms with van der Waals surface area (Å²) < 4.78 is 11.0. The van der Waals surface area contributed by atoms with Crippen molar-refractivity contribution in [3.8, 4) is 0 Å². The summed E-state index contributed by atoms with van der Waals surface area (Å²) in [5.74, 6) is -0.430. The predicted octanol–water partition coefficient (Wildman–Crippen LogP) is 1.86. The predicted molar refractivity (Wildman–Crippen MR) is 55.0 cm³/mol. The van der Waals surface area contributed by atoms with Crippen molar-refractivity contribution in [1.29, 1.82) is 0 Å². The van der Waals surface area contributed by atoms with Gasteiger partial charge in [0.2, 0.25) is 0 Å². The maximum absolute atomic E-state index is 8.58. The molecule has 3 heteroatoms. The van der Waals surface area contributed by atoms with Crippen LogP contribution in [0.15, 0.2) is 12.2 Å². The van der Waals surface area contributed by atoms with Crippen molar-refractivity contribution in [2.24, 2.45) is 0 Å². The van der Waals surface area contributed by atoms with E-state index in [0.29, 0.717) is 6.61 Å². The third-order valence-corrected chi connectivity index (χ3v) is 2.16. The van der Waals surface area contributed by atoms with Crippen molar-refractivity contribution in [2.75, 3.05) is 13.2 Å². The van der Waals surface area contributed by atoms with Gasteiger partial charge in [0.1, 0.15) is 6.10 Å². The fourth-order valence-electron chi connectivity index (χ4n) is 1.43. The van der Waals surface area contributed by atoms with Crippen molar-refractivity contribution in [3.63, 3.8) is 0 Å². The summed E-state index contributed by atoms with van der Waals surface area (Å²) in [7, 11) is 0. The molecule has 3 nitrogen and oxygen atoms in total. The lowest BCUT2D eigenvalue weighted by atomic mass is 10.2. The minimum Gasteiger partial charge on any atom is -0.396 e. The van der Waals surface area contributed by atoms with E-state index in [-0.39, 0.29) is 12.7 Å². The number of rotatable bonds is 5. The van der Waals surface area contributed by atoms with E-state index in [2.05, 4.69) is 6.08 Å². The summed E-state index contributed by atoms with van der Waals surface area (Å²) >= 11 is 0. The Hall–Kier alpha value is -0.380. The van der Waals surface area contributed by atoms with Gasteiger partial charge < -0.3 is 14.6 Å². The summed E-state index contributed by atoms with van der Waals surface area (Å²) in [5.41, 5.74) is 0. The van der Waals surface area contributed by atoms with E-state index in [0.717, 1.165) is 19.3 Å². The molecule has 1 atom stereocenters. The largest absolute Gasteiger partial charge is 0.396 e. The van der Waals surface area contributed by atoms with Gasteiger partial charge in [-0.15, -0.1) is 0 Å². The third-order valence-electron chi connectivity index (χ3n) is 2.16. The first-order chi connectivity index (χ1) is 6.64. The third kappa shape index (κ3) is 4.22. The minimum absolute atomic E-state index is 0.0964. The van der Waals surface area contributed by atoms with E-state index < -0.39 is 5.79 Å². The topological polar surface area (TPSA) is 38.7 Å². The van der Waals surface area contributed by atoms with E-state index in [1.807, 2.05) is 19.9 Å². The molecule has 0 aromatic rings. The molecule has 1 N–H and O–H groups in total. The van der Waals surface area contributed by atoms with Gasteiger partial charge in [-0.25, -0.2) is 0 Å². The van der Waals surface area contributed by atoms with Crippen LogP contribution in [-0.4, -0.2) is 30.2 Å². The molecule has 1 aliphatic heterocycles. The van der Waals surface area contributed by atoms with Gasteiger partial charge in [-0.05, 0) is 33.1 Å². The van der Waals surface area contributed by atoms with Crippen molar-refractivity contribution >= 4 is 0 Å². The quantitative estimate of drug-likeness (QED) is 0.544. The van der Waals surface area contributed by atoms with Gasteiger partial charge in [-0.1, -0.05) is 12.2 Å². The Labute approximate surface area is 85.7 Å². The van der Waals surface area contributed by atoms with Gasteiger partial charge >= 0.3 is 0 Å². The molecule has 1 saturated heterocycles. The van der Waals surface area contributed by atoms with Crippen LogP contribution in [0.1, 0.15) is 33.1 Å². The average Bonchev–Trinajstić information content (AvgIpc) is 2.45. The van der Waals surface area contributed by atoms with Crippen LogP contribution in [0, 0.1) is 0 Å². The normalized spacial score (nSPS) is 26.1.